The van der Waals surface area contributed by atoms with Crippen molar-refractivity contribution in [3.8, 4) is 0 Å². The minimum atomic E-state index is -0.199. The Hall–Kier alpha value is -0.610. The molecule has 0 aromatic heterocycles. The standard InChI is InChI=1S/C12H23N3O/c1-2-15-7-3-4-10(15)8-14-11(16)12(9-13)5-6-12/h10H,2-9,13H2,1H3,(H,14,16). The Kier molecular flexibility index (Phi) is 3.50. The number of likely N-dealkylation sites (N-methyl/N-ethyl adjacent to an activating group) is 1. The summed E-state index contributed by atoms with van der Waals surface area (Å²) in [5.41, 5.74) is 5.44. The number of rotatable bonds is 5. The van der Waals surface area contributed by atoms with Gasteiger partial charge in [-0.2, -0.15) is 0 Å². The Morgan fingerprint density at radius 3 is 2.88 bits per heavy atom. The number of hydrogen-bond acceptors (Lipinski definition) is 3. The number of nitrogens with zero attached hydrogens (tertiary/aromatic N) is 1. The molecule has 4 nitrogen and oxygen atoms in total. The van der Waals surface area contributed by atoms with Gasteiger partial charge < -0.3 is 11.1 Å². The van der Waals surface area contributed by atoms with Gasteiger partial charge in [0.05, 0.1) is 5.41 Å². The van der Waals surface area contributed by atoms with E-state index in [9.17, 15) is 4.79 Å². The smallest absolute Gasteiger partial charge is 0.227 e. The van der Waals surface area contributed by atoms with Gasteiger partial charge in [-0.25, -0.2) is 0 Å². The molecule has 1 aliphatic heterocycles. The van der Waals surface area contributed by atoms with Crippen molar-refractivity contribution >= 4 is 5.91 Å². The molecule has 2 aliphatic rings. The summed E-state index contributed by atoms with van der Waals surface area (Å²) in [6, 6.07) is 0.544. The maximum atomic E-state index is 11.9. The van der Waals surface area contributed by atoms with Crippen molar-refractivity contribution in [2.24, 2.45) is 11.1 Å². The van der Waals surface area contributed by atoms with Gasteiger partial charge >= 0.3 is 0 Å². The summed E-state index contributed by atoms with van der Waals surface area (Å²) in [7, 11) is 0. The Morgan fingerprint density at radius 2 is 2.31 bits per heavy atom. The molecule has 1 aliphatic carbocycles. The lowest BCUT2D eigenvalue weighted by atomic mass is 10.1. The zero-order chi connectivity index (χ0) is 11.6. The second-order valence-corrected chi connectivity index (χ2v) is 5.12. The fourth-order valence-electron chi connectivity index (χ4n) is 2.62. The van der Waals surface area contributed by atoms with Gasteiger partial charge in [-0.05, 0) is 38.8 Å². The van der Waals surface area contributed by atoms with Gasteiger partial charge in [0.25, 0.3) is 0 Å². The molecular weight excluding hydrogens is 202 g/mol. The molecule has 1 unspecified atom stereocenters. The minimum Gasteiger partial charge on any atom is -0.354 e. The van der Waals surface area contributed by atoms with Gasteiger partial charge in [-0.3, -0.25) is 9.69 Å². The Bertz CT molecular complexity index is 263. The summed E-state index contributed by atoms with van der Waals surface area (Å²) in [6.07, 6.45) is 4.41. The lowest BCUT2D eigenvalue weighted by molar-refractivity contribution is -0.126. The summed E-state index contributed by atoms with van der Waals surface area (Å²) in [5, 5.41) is 3.08. The van der Waals surface area contributed by atoms with E-state index < -0.39 is 0 Å². The van der Waals surface area contributed by atoms with Crippen molar-refractivity contribution in [3.05, 3.63) is 0 Å². The van der Waals surface area contributed by atoms with Crippen LogP contribution in [-0.4, -0.2) is 43.0 Å². The van der Waals surface area contributed by atoms with E-state index in [1.165, 1.54) is 19.4 Å². The van der Waals surface area contributed by atoms with E-state index in [-0.39, 0.29) is 11.3 Å². The van der Waals surface area contributed by atoms with Crippen LogP contribution in [-0.2, 0) is 4.79 Å². The van der Waals surface area contributed by atoms with E-state index in [1.54, 1.807) is 0 Å². The van der Waals surface area contributed by atoms with Crippen molar-refractivity contribution < 1.29 is 4.79 Å². The molecule has 1 saturated carbocycles. The van der Waals surface area contributed by atoms with Crippen LogP contribution in [0.15, 0.2) is 0 Å². The first kappa shape index (κ1) is 11.9. The molecule has 16 heavy (non-hydrogen) atoms. The van der Waals surface area contributed by atoms with Gasteiger partial charge in [-0.1, -0.05) is 6.92 Å². The molecule has 1 heterocycles. The number of carbonyl (C=O) groups is 1. The van der Waals surface area contributed by atoms with Crippen LogP contribution in [0.3, 0.4) is 0 Å². The number of nitrogens with two attached hydrogens (primary N) is 1. The van der Waals surface area contributed by atoms with Crippen LogP contribution < -0.4 is 11.1 Å². The Morgan fingerprint density at radius 1 is 1.56 bits per heavy atom. The Balaban J connectivity index is 1.77. The highest BCUT2D eigenvalue weighted by Crippen LogP contribution is 2.44. The molecule has 3 N–H and O–H groups in total. The number of nitrogens with one attached hydrogen (secondary N) is 1. The zero-order valence-electron chi connectivity index (χ0n) is 10.2. The van der Waals surface area contributed by atoms with Gasteiger partial charge in [0.1, 0.15) is 0 Å². The molecule has 0 aromatic carbocycles. The molecule has 0 radical (unpaired) electrons. The number of hydrogen-bond donors (Lipinski definition) is 2. The predicted octanol–water partition coefficient (Wildman–Crippen LogP) is 0.326. The largest absolute Gasteiger partial charge is 0.354 e. The average Bonchev–Trinajstić information content (AvgIpc) is 2.98. The van der Waals surface area contributed by atoms with Crippen molar-refractivity contribution in [2.45, 2.75) is 38.6 Å². The highest BCUT2D eigenvalue weighted by molar-refractivity contribution is 5.85. The number of carbonyl (C=O) groups excluding carboxylic acids is 1. The molecular formula is C12H23N3O. The van der Waals surface area contributed by atoms with Crippen LogP contribution >= 0.6 is 0 Å². The maximum Gasteiger partial charge on any atom is 0.227 e. The molecule has 1 saturated heterocycles. The van der Waals surface area contributed by atoms with Gasteiger partial charge in [0.2, 0.25) is 5.91 Å². The number of amides is 1. The summed E-state index contributed by atoms with van der Waals surface area (Å²) < 4.78 is 0. The minimum absolute atomic E-state index is 0.179. The van der Waals surface area contributed by atoms with Crippen molar-refractivity contribution in [2.75, 3.05) is 26.2 Å². The highest BCUT2D eigenvalue weighted by Gasteiger charge is 2.48. The summed E-state index contributed by atoms with van der Waals surface area (Å²) in [5.74, 6) is 0.179. The van der Waals surface area contributed by atoms with E-state index >= 15 is 0 Å². The van der Waals surface area contributed by atoms with Crippen LogP contribution in [0.25, 0.3) is 0 Å². The normalized spacial score (nSPS) is 28.0. The van der Waals surface area contributed by atoms with Crippen LogP contribution in [0.1, 0.15) is 32.6 Å². The molecule has 0 spiro atoms. The van der Waals surface area contributed by atoms with E-state index in [0.29, 0.717) is 12.6 Å². The molecule has 4 heteroatoms. The first-order valence-corrected chi connectivity index (χ1v) is 6.44. The fourth-order valence-corrected chi connectivity index (χ4v) is 2.62. The molecule has 0 bridgehead atoms. The first-order chi connectivity index (χ1) is 7.72. The monoisotopic (exact) mass is 225 g/mol. The Labute approximate surface area is 97.6 Å². The molecule has 2 rings (SSSR count). The zero-order valence-corrected chi connectivity index (χ0v) is 10.2. The average molecular weight is 225 g/mol. The second kappa shape index (κ2) is 4.72. The third kappa shape index (κ3) is 2.23. The van der Waals surface area contributed by atoms with Crippen LogP contribution in [0.4, 0.5) is 0 Å². The van der Waals surface area contributed by atoms with E-state index in [0.717, 1.165) is 25.9 Å². The topological polar surface area (TPSA) is 58.4 Å². The van der Waals surface area contributed by atoms with Gasteiger partial charge in [-0.15, -0.1) is 0 Å². The molecule has 2 fully saturated rings. The van der Waals surface area contributed by atoms with Crippen molar-refractivity contribution in [1.82, 2.24) is 10.2 Å². The first-order valence-electron chi connectivity index (χ1n) is 6.44. The van der Waals surface area contributed by atoms with E-state index in [4.69, 9.17) is 5.73 Å². The second-order valence-electron chi connectivity index (χ2n) is 5.12. The van der Waals surface area contributed by atoms with Gasteiger partial charge in [0, 0.05) is 19.1 Å². The summed E-state index contributed by atoms with van der Waals surface area (Å²) >= 11 is 0. The lowest BCUT2D eigenvalue weighted by Gasteiger charge is -2.24. The third-order valence-corrected chi connectivity index (χ3v) is 4.13. The van der Waals surface area contributed by atoms with Crippen LogP contribution in [0.2, 0.25) is 0 Å². The summed E-state index contributed by atoms with van der Waals surface area (Å²) in [4.78, 5) is 14.3. The fraction of sp³-hybridized carbons (Fsp3) is 0.917. The molecule has 0 aromatic rings. The van der Waals surface area contributed by atoms with Gasteiger partial charge in [0.15, 0.2) is 0 Å². The van der Waals surface area contributed by atoms with E-state index in [2.05, 4.69) is 17.1 Å². The lowest BCUT2D eigenvalue weighted by Crippen LogP contribution is -2.44. The van der Waals surface area contributed by atoms with Crippen LogP contribution in [0.5, 0.6) is 0 Å². The summed E-state index contributed by atoms with van der Waals surface area (Å²) in [6.45, 7) is 5.75. The quantitative estimate of drug-likeness (QED) is 0.709. The van der Waals surface area contributed by atoms with Crippen molar-refractivity contribution in [3.63, 3.8) is 0 Å². The maximum absolute atomic E-state index is 11.9. The molecule has 92 valence electrons. The van der Waals surface area contributed by atoms with Crippen LogP contribution in [0, 0.1) is 5.41 Å². The predicted molar refractivity (Wildman–Crippen MR) is 64.0 cm³/mol. The number of likely N-dealkylation sites (tertiary alicyclic amines) is 1. The SMILES string of the molecule is CCN1CCCC1CNC(=O)C1(CN)CC1. The van der Waals surface area contributed by atoms with Crippen molar-refractivity contribution in [1.29, 1.82) is 0 Å². The molecule has 1 atom stereocenters. The third-order valence-electron chi connectivity index (χ3n) is 4.13. The highest BCUT2D eigenvalue weighted by atomic mass is 16.2. The molecule has 1 amide bonds. The van der Waals surface area contributed by atoms with E-state index in [1.807, 2.05) is 0 Å².